The second kappa shape index (κ2) is 7.51. The van der Waals surface area contributed by atoms with Gasteiger partial charge >= 0.3 is 0 Å². The number of hydrogen-bond acceptors (Lipinski definition) is 6. The molecule has 11 heteroatoms. The van der Waals surface area contributed by atoms with E-state index in [1.807, 2.05) is 0 Å². The molecule has 0 N–H and O–H groups in total. The van der Waals surface area contributed by atoms with Gasteiger partial charge in [0, 0.05) is 33.1 Å². The molecule has 1 aromatic carbocycles. The number of hydrogen-bond donors (Lipinski definition) is 0. The largest absolute Gasteiger partial charge is 0.425 e. The van der Waals surface area contributed by atoms with Gasteiger partial charge in [0.25, 0.3) is 0 Å². The van der Waals surface area contributed by atoms with Gasteiger partial charge in [-0.1, -0.05) is 29.3 Å². The van der Waals surface area contributed by atoms with Crippen molar-refractivity contribution in [1.82, 2.24) is 19.4 Å². The fraction of sp³-hybridized carbons (Fsp3) is 0.400. The molecule has 0 unspecified atom stereocenters. The van der Waals surface area contributed by atoms with Gasteiger partial charge in [0.15, 0.2) is 0 Å². The Morgan fingerprint density at radius 1 is 1.19 bits per heavy atom. The highest BCUT2D eigenvalue weighted by Gasteiger charge is 2.32. The highest BCUT2D eigenvalue weighted by atomic mass is 35.5. The molecule has 0 atom stereocenters. The summed E-state index contributed by atoms with van der Waals surface area (Å²) >= 11 is 12.0. The molecule has 2 aromatic rings. The third kappa shape index (κ3) is 3.85. The van der Waals surface area contributed by atoms with E-state index in [0.29, 0.717) is 5.89 Å². The predicted molar refractivity (Wildman–Crippen MR) is 94.5 cm³/mol. The lowest BCUT2D eigenvalue weighted by Gasteiger charge is -2.34. The number of nitrogens with zero attached hydrogens (tertiary/aromatic N) is 4. The van der Waals surface area contributed by atoms with Gasteiger partial charge in [-0.25, -0.2) is 8.42 Å². The van der Waals surface area contributed by atoms with Crippen LogP contribution in [-0.4, -0.2) is 59.9 Å². The summed E-state index contributed by atoms with van der Waals surface area (Å²) in [4.78, 5) is 13.8. The smallest absolute Gasteiger partial charge is 0.244 e. The van der Waals surface area contributed by atoms with E-state index in [-0.39, 0.29) is 59.3 Å². The van der Waals surface area contributed by atoms with Crippen molar-refractivity contribution in [2.75, 3.05) is 26.2 Å². The number of benzene rings is 1. The van der Waals surface area contributed by atoms with Crippen LogP contribution in [0.15, 0.2) is 27.5 Å². The van der Waals surface area contributed by atoms with Crippen LogP contribution in [0.2, 0.25) is 10.0 Å². The molecule has 0 spiro atoms. The summed E-state index contributed by atoms with van der Waals surface area (Å²) in [5, 5.41) is 7.65. The number of rotatable bonds is 4. The predicted octanol–water partition coefficient (Wildman–Crippen LogP) is 1.76. The summed E-state index contributed by atoms with van der Waals surface area (Å²) in [6, 6.07) is 4.48. The summed E-state index contributed by atoms with van der Waals surface area (Å²) in [5.74, 6) is 0.446. The lowest BCUT2D eigenvalue weighted by atomic mass is 10.3. The van der Waals surface area contributed by atoms with Crippen LogP contribution in [0, 0.1) is 6.92 Å². The van der Waals surface area contributed by atoms with Crippen LogP contribution < -0.4 is 0 Å². The Morgan fingerprint density at radius 2 is 1.88 bits per heavy atom. The standard InChI is InChI=1S/C15H16Cl2N4O4S/c1-10-18-19-13(25-10)9-14(22)20-5-7-21(8-6-20)26(23,24)12-4-2-3-11(16)15(12)17/h2-4H,5-9H2,1H3. The first-order chi connectivity index (χ1) is 12.3. The molecule has 2 heterocycles. The third-order valence-electron chi connectivity index (χ3n) is 4.00. The maximum atomic E-state index is 12.8. The summed E-state index contributed by atoms with van der Waals surface area (Å²) in [5.41, 5.74) is 0. The molecule has 1 aliphatic rings. The van der Waals surface area contributed by atoms with Gasteiger partial charge in [0.05, 0.1) is 10.0 Å². The van der Waals surface area contributed by atoms with Crippen molar-refractivity contribution >= 4 is 39.1 Å². The van der Waals surface area contributed by atoms with E-state index in [1.165, 1.54) is 22.5 Å². The quantitative estimate of drug-likeness (QED) is 0.750. The van der Waals surface area contributed by atoms with E-state index >= 15 is 0 Å². The molecule has 1 aromatic heterocycles. The van der Waals surface area contributed by atoms with Crippen molar-refractivity contribution in [3.63, 3.8) is 0 Å². The molecule has 1 aliphatic heterocycles. The molecule has 0 saturated carbocycles. The normalized spacial score (nSPS) is 16.0. The fourth-order valence-electron chi connectivity index (χ4n) is 2.65. The maximum absolute atomic E-state index is 12.8. The van der Waals surface area contributed by atoms with Crippen molar-refractivity contribution in [3.05, 3.63) is 40.0 Å². The molecule has 26 heavy (non-hydrogen) atoms. The van der Waals surface area contributed by atoms with Crippen LogP contribution in [0.4, 0.5) is 0 Å². The number of piperazine rings is 1. The van der Waals surface area contributed by atoms with Gasteiger partial charge in [-0.3, -0.25) is 4.79 Å². The van der Waals surface area contributed by atoms with Gasteiger partial charge in [0.2, 0.25) is 27.7 Å². The molecule has 8 nitrogen and oxygen atoms in total. The van der Waals surface area contributed by atoms with Gasteiger partial charge in [0.1, 0.15) is 11.3 Å². The number of aromatic nitrogens is 2. The van der Waals surface area contributed by atoms with E-state index in [2.05, 4.69) is 10.2 Å². The van der Waals surface area contributed by atoms with Crippen molar-refractivity contribution in [1.29, 1.82) is 0 Å². The van der Waals surface area contributed by atoms with Gasteiger partial charge in [-0.15, -0.1) is 10.2 Å². The SMILES string of the molecule is Cc1nnc(CC(=O)N2CCN(S(=O)(=O)c3cccc(Cl)c3Cl)CC2)o1. The minimum absolute atomic E-state index is 0.000522. The Morgan fingerprint density at radius 3 is 2.50 bits per heavy atom. The van der Waals surface area contributed by atoms with Gasteiger partial charge < -0.3 is 9.32 Å². The first kappa shape index (κ1) is 19.1. The van der Waals surface area contributed by atoms with E-state index in [1.54, 1.807) is 11.8 Å². The molecular formula is C15H16Cl2N4O4S. The molecule has 1 amide bonds. The lowest BCUT2D eigenvalue weighted by Crippen LogP contribution is -2.50. The Balaban J connectivity index is 1.66. The zero-order valence-corrected chi connectivity index (χ0v) is 16.2. The minimum atomic E-state index is -3.78. The zero-order chi connectivity index (χ0) is 18.9. The fourth-order valence-corrected chi connectivity index (χ4v) is 4.81. The van der Waals surface area contributed by atoms with Crippen LogP contribution in [0.3, 0.4) is 0 Å². The highest BCUT2D eigenvalue weighted by molar-refractivity contribution is 7.89. The molecule has 1 saturated heterocycles. The maximum Gasteiger partial charge on any atom is 0.244 e. The second-order valence-corrected chi connectivity index (χ2v) is 8.42. The summed E-state index contributed by atoms with van der Waals surface area (Å²) in [6.45, 7) is 2.51. The van der Waals surface area contributed by atoms with Crippen LogP contribution >= 0.6 is 23.2 Å². The first-order valence-corrected chi connectivity index (χ1v) is 9.99. The second-order valence-electron chi connectivity index (χ2n) is 5.73. The Bertz CT molecular complexity index is 923. The highest BCUT2D eigenvalue weighted by Crippen LogP contribution is 2.31. The molecule has 3 rings (SSSR count). The van der Waals surface area contributed by atoms with E-state index in [4.69, 9.17) is 27.6 Å². The average Bonchev–Trinajstić information content (AvgIpc) is 3.02. The number of carbonyl (C=O) groups excluding carboxylic acids is 1. The van der Waals surface area contributed by atoms with Crippen LogP contribution in [0.25, 0.3) is 0 Å². The van der Waals surface area contributed by atoms with Gasteiger partial charge in [-0.2, -0.15) is 4.31 Å². The first-order valence-electron chi connectivity index (χ1n) is 7.80. The Hall–Kier alpha value is -1.68. The molecule has 140 valence electrons. The number of amides is 1. The van der Waals surface area contributed by atoms with Crippen LogP contribution in [0.1, 0.15) is 11.8 Å². The number of aryl methyl sites for hydroxylation is 1. The van der Waals surface area contributed by atoms with Crippen molar-refractivity contribution in [2.45, 2.75) is 18.2 Å². The lowest BCUT2D eigenvalue weighted by molar-refractivity contribution is -0.132. The topological polar surface area (TPSA) is 96.6 Å². The molecule has 1 fully saturated rings. The number of carbonyl (C=O) groups is 1. The number of sulfonamides is 1. The average molecular weight is 419 g/mol. The van der Waals surface area contributed by atoms with E-state index in [9.17, 15) is 13.2 Å². The monoisotopic (exact) mass is 418 g/mol. The summed E-state index contributed by atoms with van der Waals surface area (Å²) < 4.78 is 32.0. The molecule has 0 radical (unpaired) electrons. The minimum Gasteiger partial charge on any atom is -0.425 e. The van der Waals surface area contributed by atoms with Crippen molar-refractivity contribution in [2.24, 2.45) is 0 Å². The summed E-state index contributed by atoms with van der Waals surface area (Å²) in [6.07, 6.45) is -0.00624. The molecule has 0 bridgehead atoms. The third-order valence-corrected chi connectivity index (χ3v) is 6.87. The van der Waals surface area contributed by atoms with Crippen LogP contribution in [-0.2, 0) is 21.2 Å². The summed E-state index contributed by atoms with van der Waals surface area (Å²) in [7, 11) is -3.78. The van der Waals surface area contributed by atoms with E-state index < -0.39 is 10.0 Å². The zero-order valence-electron chi connectivity index (χ0n) is 13.9. The molecular weight excluding hydrogens is 403 g/mol. The van der Waals surface area contributed by atoms with Crippen molar-refractivity contribution in [3.8, 4) is 0 Å². The van der Waals surface area contributed by atoms with E-state index in [0.717, 1.165) is 0 Å². The van der Waals surface area contributed by atoms with Crippen molar-refractivity contribution < 1.29 is 17.6 Å². The Kier molecular flexibility index (Phi) is 5.52. The molecule has 0 aliphatic carbocycles. The Labute approximate surface area is 160 Å². The van der Waals surface area contributed by atoms with Gasteiger partial charge in [-0.05, 0) is 12.1 Å². The van der Waals surface area contributed by atoms with Crippen LogP contribution in [0.5, 0.6) is 0 Å². The number of halogens is 2.